The number of esters is 1. The van der Waals surface area contributed by atoms with Crippen molar-refractivity contribution in [3.05, 3.63) is 65.2 Å². The van der Waals surface area contributed by atoms with Crippen molar-refractivity contribution in [2.45, 2.75) is 26.4 Å². The van der Waals surface area contributed by atoms with Gasteiger partial charge in [0.1, 0.15) is 6.10 Å². The van der Waals surface area contributed by atoms with Crippen LogP contribution in [-0.4, -0.2) is 44.6 Å². The van der Waals surface area contributed by atoms with Crippen LogP contribution in [0.2, 0.25) is 0 Å². The fourth-order valence-electron chi connectivity index (χ4n) is 5.12. The molecule has 3 atom stereocenters. The maximum Gasteiger partial charge on any atom is 0.331 e. The van der Waals surface area contributed by atoms with Crippen LogP contribution >= 0.6 is 0 Å². The molecule has 2 N–H and O–H groups in total. The Morgan fingerprint density at radius 2 is 1.51 bits per heavy atom. The minimum absolute atomic E-state index is 0.0103. The molecule has 3 aromatic carbocycles. The third kappa shape index (κ3) is 5.19. The van der Waals surface area contributed by atoms with E-state index in [1.165, 1.54) is 34.5 Å². The molecule has 0 radical (unpaired) electrons. The Balaban J connectivity index is 1.96. The van der Waals surface area contributed by atoms with Gasteiger partial charge in [-0.2, -0.15) is 0 Å². The van der Waals surface area contributed by atoms with Crippen molar-refractivity contribution in [1.29, 1.82) is 0 Å². The maximum absolute atomic E-state index is 13.1. The van der Waals surface area contributed by atoms with Gasteiger partial charge in [-0.05, 0) is 41.7 Å². The average Bonchev–Trinajstić information content (AvgIpc) is 2.94. The highest BCUT2D eigenvalue weighted by Gasteiger charge is 2.38. The number of aromatic hydroxyl groups is 2. The highest BCUT2D eigenvalue weighted by Crippen LogP contribution is 2.57. The molecule has 0 fully saturated rings. The van der Waals surface area contributed by atoms with E-state index in [1.54, 1.807) is 12.1 Å². The topological polar surface area (TPSA) is 104 Å². The molecule has 0 spiro atoms. The Labute approximate surface area is 228 Å². The fraction of sp³-hybridized carbons (Fsp3) is 0.323. The molecule has 0 saturated carbocycles. The third-order valence-electron chi connectivity index (χ3n) is 7.33. The summed E-state index contributed by atoms with van der Waals surface area (Å²) in [7, 11) is 5.78. The predicted octanol–water partition coefficient (Wildman–Crippen LogP) is 5.93. The molecule has 0 bridgehead atoms. The number of hydrogen-bond donors (Lipinski definition) is 2. The summed E-state index contributed by atoms with van der Waals surface area (Å²) in [5.74, 6) is -0.361. The minimum Gasteiger partial charge on any atom is -0.504 e. The van der Waals surface area contributed by atoms with E-state index in [4.69, 9.17) is 23.7 Å². The number of carbonyl (C=O) groups excluding carboxylic acids is 1. The highest BCUT2D eigenvalue weighted by atomic mass is 16.5. The molecule has 206 valence electrons. The van der Waals surface area contributed by atoms with E-state index < -0.39 is 12.1 Å². The molecule has 8 nitrogen and oxygen atoms in total. The van der Waals surface area contributed by atoms with Crippen LogP contribution in [0.1, 0.15) is 36.6 Å². The van der Waals surface area contributed by atoms with Crippen molar-refractivity contribution in [1.82, 2.24) is 0 Å². The molecule has 0 heterocycles. The smallest absolute Gasteiger partial charge is 0.331 e. The number of phenols is 2. The molecule has 1 aliphatic rings. The Morgan fingerprint density at radius 1 is 0.846 bits per heavy atom. The van der Waals surface area contributed by atoms with Crippen molar-refractivity contribution in [2.24, 2.45) is 11.8 Å². The maximum atomic E-state index is 13.1. The lowest BCUT2D eigenvalue weighted by molar-refractivity contribution is -0.146. The molecular weight excluding hydrogens is 500 g/mol. The Kier molecular flexibility index (Phi) is 8.24. The van der Waals surface area contributed by atoms with E-state index in [2.05, 4.69) is 6.92 Å². The molecule has 1 aliphatic carbocycles. The molecule has 39 heavy (non-hydrogen) atoms. The Morgan fingerprint density at radius 3 is 2.13 bits per heavy atom. The van der Waals surface area contributed by atoms with Gasteiger partial charge in [-0.25, -0.2) is 4.79 Å². The van der Waals surface area contributed by atoms with Crippen LogP contribution in [0.5, 0.6) is 34.5 Å². The number of phenolic OH excluding ortho intramolecular Hbond substituents is 2. The molecule has 0 saturated heterocycles. The fourth-order valence-corrected chi connectivity index (χ4v) is 5.12. The second-order valence-electron chi connectivity index (χ2n) is 9.56. The van der Waals surface area contributed by atoms with Gasteiger partial charge in [0, 0.05) is 28.7 Å². The predicted molar refractivity (Wildman–Crippen MR) is 148 cm³/mol. The summed E-state index contributed by atoms with van der Waals surface area (Å²) < 4.78 is 28.2. The molecule has 0 aromatic heterocycles. The largest absolute Gasteiger partial charge is 0.504 e. The number of carbonyl (C=O) groups is 1. The quantitative estimate of drug-likeness (QED) is 0.284. The van der Waals surface area contributed by atoms with Crippen molar-refractivity contribution >= 4 is 12.0 Å². The van der Waals surface area contributed by atoms with Crippen LogP contribution in [0.3, 0.4) is 0 Å². The van der Waals surface area contributed by atoms with Crippen LogP contribution in [-0.2, 0) is 16.0 Å². The molecule has 0 amide bonds. The first-order valence-corrected chi connectivity index (χ1v) is 12.6. The zero-order chi connectivity index (χ0) is 28.3. The Hall–Kier alpha value is -4.33. The first-order chi connectivity index (χ1) is 18.7. The molecule has 3 unspecified atom stereocenters. The molecule has 3 aromatic rings. The lowest BCUT2D eigenvalue weighted by Crippen LogP contribution is -2.26. The molecule has 4 rings (SSSR count). The van der Waals surface area contributed by atoms with Crippen molar-refractivity contribution in [3.63, 3.8) is 0 Å². The molecular formula is C31H34O8. The van der Waals surface area contributed by atoms with Crippen LogP contribution in [0.25, 0.3) is 17.2 Å². The van der Waals surface area contributed by atoms with Crippen molar-refractivity contribution in [3.8, 4) is 45.6 Å². The lowest BCUT2D eigenvalue weighted by Gasteiger charge is -2.35. The van der Waals surface area contributed by atoms with Gasteiger partial charge in [0.05, 0.1) is 28.4 Å². The number of benzene rings is 3. The van der Waals surface area contributed by atoms with Gasteiger partial charge in [0.2, 0.25) is 11.5 Å². The summed E-state index contributed by atoms with van der Waals surface area (Å²) in [5, 5.41) is 22.5. The van der Waals surface area contributed by atoms with Crippen molar-refractivity contribution < 1.29 is 38.7 Å². The zero-order valence-corrected chi connectivity index (χ0v) is 23.0. The van der Waals surface area contributed by atoms with Gasteiger partial charge in [-0.15, -0.1) is 0 Å². The van der Waals surface area contributed by atoms with Gasteiger partial charge in [-0.3, -0.25) is 0 Å². The van der Waals surface area contributed by atoms with Gasteiger partial charge in [0.15, 0.2) is 23.0 Å². The normalized spacial score (nSPS) is 18.4. The summed E-state index contributed by atoms with van der Waals surface area (Å²) in [6.45, 7) is 4.06. The summed E-state index contributed by atoms with van der Waals surface area (Å²) in [6, 6.07) is 12.9. The zero-order valence-electron chi connectivity index (χ0n) is 23.0. The standard InChI is InChI=1S/C31H34O8/c1-17-14-20-15-23(36-4)30(37-5)28(34)25(20)26-21(16-22(35-3)27(33)31(26)38-6)29(18(17)2)39-24(32)13-12-19-10-8-7-9-11-19/h7-13,15-18,29,33-34H,14H2,1-6H3. The first-order valence-electron chi connectivity index (χ1n) is 12.6. The van der Waals surface area contributed by atoms with Crippen LogP contribution in [0, 0.1) is 11.8 Å². The Bertz CT molecular complexity index is 1380. The van der Waals surface area contributed by atoms with Gasteiger partial charge < -0.3 is 33.9 Å². The van der Waals surface area contributed by atoms with Crippen molar-refractivity contribution in [2.75, 3.05) is 28.4 Å². The van der Waals surface area contributed by atoms with E-state index in [-0.39, 0.29) is 40.6 Å². The van der Waals surface area contributed by atoms with E-state index >= 15 is 0 Å². The number of fused-ring (bicyclic) bond motifs is 3. The summed E-state index contributed by atoms with van der Waals surface area (Å²) in [6.07, 6.45) is 2.84. The monoisotopic (exact) mass is 534 g/mol. The van der Waals surface area contributed by atoms with E-state index in [1.807, 2.05) is 43.3 Å². The number of ether oxygens (including phenoxy) is 5. The first kappa shape index (κ1) is 27.7. The number of hydrogen-bond acceptors (Lipinski definition) is 8. The van der Waals surface area contributed by atoms with Crippen LogP contribution in [0.4, 0.5) is 0 Å². The van der Waals surface area contributed by atoms with Gasteiger partial charge >= 0.3 is 5.97 Å². The van der Waals surface area contributed by atoms with E-state index in [0.29, 0.717) is 28.9 Å². The second-order valence-corrected chi connectivity index (χ2v) is 9.56. The third-order valence-corrected chi connectivity index (χ3v) is 7.33. The SMILES string of the molecule is COc1cc2c(c(OC)c1O)-c1c(cc(OC)c(OC)c1O)CC(C)C(C)C2OC(=O)C=Cc1ccccc1. The van der Waals surface area contributed by atoms with E-state index in [9.17, 15) is 15.0 Å². The highest BCUT2D eigenvalue weighted by molar-refractivity contribution is 5.90. The minimum atomic E-state index is -0.757. The second kappa shape index (κ2) is 11.6. The number of rotatable bonds is 7. The van der Waals surface area contributed by atoms with Crippen LogP contribution in [0.15, 0.2) is 48.5 Å². The summed E-state index contributed by atoms with van der Waals surface area (Å²) in [4.78, 5) is 13.1. The summed E-state index contributed by atoms with van der Waals surface area (Å²) in [5.41, 5.74) is 2.93. The van der Waals surface area contributed by atoms with Crippen LogP contribution < -0.4 is 18.9 Å². The number of methoxy groups -OCH3 is 4. The van der Waals surface area contributed by atoms with Gasteiger partial charge in [-0.1, -0.05) is 44.2 Å². The van der Waals surface area contributed by atoms with Gasteiger partial charge in [0.25, 0.3) is 0 Å². The lowest BCUT2D eigenvalue weighted by atomic mass is 9.76. The van der Waals surface area contributed by atoms with E-state index in [0.717, 1.165) is 11.1 Å². The molecule has 8 heteroatoms. The average molecular weight is 535 g/mol. The molecule has 0 aliphatic heterocycles. The summed E-state index contributed by atoms with van der Waals surface area (Å²) >= 11 is 0.